The second-order valence-corrected chi connectivity index (χ2v) is 1.54. The van der Waals surface area contributed by atoms with E-state index in [2.05, 4.69) is 0 Å². The van der Waals surface area contributed by atoms with E-state index in [1.165, 1.54) is 0 Å². The molecule has 0 saturated heterocycles. The van der Waals surface area contributed by atoms with Gasteiger partial charge in [-0.05, 0) is 0 Å². The van der Waals surface area contributed by atoms with E-state index in [4.69, 9.17) is 19.2 Å². The Balaban J connectivity index is -0.00000000381. The summed E-state index contributed by atoms with van der Waals surface area (Å²) in [6.07, 6.45) is 0. The minimum Gasteiger partial charge on any atom is -1.00 e. The van der Waals surface area contributed by atoms with E-state index < -0.39 is 7.82 Å². The monoisotopic (exact) mass is 188 g/mol. The van der Waals surface area contributed by atoms with Crippen molar-refractivity contribution in [3.05, 3.63) is 0 Å². The van der Waals surface area contributed by atoms with Crippen LogP contribution in [-0.2, 0) is 4.57 Å². The van der Waals surface area contributed by atoms with Crippen molar-refractivity contribution in [1.29, 1.82) is 0 Å². The third-order valence-electron chi connectivity index (χ3n) is 0. The summed E-state index contributed by atoms with van der Waals surface area (Å²) in [7, 11) is -4.64. The molecule has 0 amide bonds. The molecule has 4 nitrogen and oxygen atoms in total. The maximum absolute atomic E-state index is 8.88. The molecule has 0 saturated carbocycles. The molecule has 0 spiro atoms. The van der Waals surface area contributed by atoms with E-state index in [1.54, 1.807) is 0 Å². The van der Waals surface area contributed by atoms with Crippen LogP contribution in [-0.4, -0.2) is 52.4 Å². The average Bonchev–Trinajstić information content (AvgIpc) is 0.722. The van der Waals surface area contributed by atoms with E-state index >= 15 is 0 Å². The van der Waals surface area contributed by atoms with Crippen molar-refractivity contribution in [3.8, 4) is 0 Å². The van der Waals surface area contributed by atoms with Crippen molar-refractivity contribution in [3.63, 3.8) is 0 Å². The van der Waals surface area contributed by atoms with Crippen LogP contribution in [0.2, 0.25) is 0 Å². The van der Waals surface area contributed by atoms with Gasteiger partial charge in [-0.3, -0.25) is 0 Å². The fourth-order valence-corrected chi connectivity index (χ4v) is 0. The average molecular weight is 188 g/mol. The van der Waals surface area contributed by atoms with Crippen LogP contribution < -0.4 is 59.1 Å². The predicted molar refractivity (Wildman–Crippen MR) is 24.5 cm³/mol. The number of hydrogen-bond donors (Lipinski definition) is 3. The Hall–Kier alpha value is 3.37. The molecule has 0 aliphatic rings. The van der Waals surface area contributed by atoms with Crippen molar-refractivity contribution in [2.75, 3.05) is 0 Å². The molecule has 0 radical (unpaired) electrons. The van der Waals surface area contributed by atoms with Gasteiger partial charge >= 0.3 is 105 Å². The molecule has 0 unspecified atom stereocenters. The zero-order valence-corrected chi connectivity index (χ0v) is 12.0. The fourth-order valence-electron chi connectivity index (χ4n) is 0. The first-order valence-corrected chi connectivity index (χ1v) is 2.35. The number of hydrogen-bond acceptors (Lipinski definition) is 1. The molecule has 3 N–H and O–H groups in total. The molecule has 8 heavy (non-hydrogen) atoms. The molecule has 0 aromatic carbocycles. The first kappa shape index (κ1) is 22.5. The molecule has 0 aromatic rings. The second-order valence-electron chi connectivity index (χ2n) is 0.513. The summed E-state index contributed by atoms with van der Waals surface area (Å²) >= 11 is 0. The Morgan fingerprint density at radius 3 is 1.12 bits per heavy atom. The number of rotatable bonds is 0. The van der Waals surface area contributed by atoms with Crippen LogP contribution >= 0.6 is 7.82 Å². The van der Waals surface area contributed by atoms with Crippen LogP contribution in [0.4, 0.5) is 0 Å². The zero-order valence-electron chi connectivity index (χ0n) is 8.90. The van der Waals surface area contributed by atoms with Gasteiger partial charge in [0.1, 0.15) is 0 Å². The maximum Gasteiger partial charge on any atom is 2.00 e. The van der Waals surface area contributed by atoms with Gasteiger partial charge < -0.3 is 20.4 Å². The Morgan fingerprint density at radius 1 is 1.12 bits per heavy atom. The zero-order chi connectivity index (χ0) is 4.50. The van der Waals surface area contributed by atoms with Gasteiger partial charge in [0.15, 0.2) is 0 Å². The summed E-state index contributed by atoms with van der Waals surface area (Å²) < 4.78 is 8.88. The molecule has 0 bridgehead atoms. The SMILES string of the molecule is O=P(O)(O)O.[Ca+2].[H-].[H-].[H-].[H-].[Na+].[Na+]. The van der Waals surface area contributed by atoms with Crippen LogP contribution in [0.5, 0.6) is 0 Å². The van der Waals surface area contributed by atoms with Gasteiger partial charge in [0.2, 0.25) is 0 Å². The van der Waals surface area contributed by atoms with Crippen molar-refractivity contribution >= 4 is 45.6 Å². The van der Waals surface area contributed by atoms with Crippen LogP contribution in [0.15, 0.2) is 0 Å². The van der Waals surface area contributed by atoms with Gasteiger partial charge in [0.25, 0.3) is 0 Å². The molecule has 8 heteroatoms. The smallest absolute Gasteiger partial charge is 1.00 e. The molecule has 0 fully saturated rings. The van der Waals surface area contributed by atoms with Gasteiger partial charge in [-0.1, -0.05) is 0 Å². The van der Waals surface area contributed by atoms with Crippen LogP contribution in [0.1, 0.15) is 5.71 Å². The summed E-state index contributed by atoms with van der Waals surface area (Å²) in [5.41, 5.74) is 0. The Bertz CT molecular complexity index is 71.2. The van der Waals surface area contributed by atoms with Gasteiger partial charge in [0.05, 0.1) is 0 Å². The van der Waals surface area contributed by atoms with Crippen molar-refractivity contribution in [2.45, 2.75) is 0 Å². The maximum atomic E-state index is 8.88. The number of phosphoric acid groups is 1. The topological polar surface area (TPSA) is 77.8 Å². The van der Waals surface area contributed by atoms with E-state index in [0.29, 0.717) is 0 Å². The third kappa shape index (κ3) is 57.8. The summed E-state index contributed by atoms with van der Waals surface area (Å²) in [6, 6.07) is 0. The standard InChI is InChI=1S/Ca.2Na.H3O4P.4H/c;;;1-5(2,3)4;;;;/h;;;(H3,1,2,3,4);;;;/q+2;2*+1;;4*-1. The van der Waals surface area contributed by atoms with Gasteiger partial charge in [-0.2, -0.15) is 0 Å². The molecule has 0 heterocycles. The molecule has 0 rings (SSSR count). The molecule has 40 valence electrons. The fraction of sp³-hybridized carbons (Fsp3) is 0. The van der Waals surface area contributed by atoms with Gasteiger partial charge in [-0.25, -0.2) is 4.57 Å². The van der Waals surface area contributed by atoms with Gasteiger partial charge in [-0.15, -0.1) is 0 Å². The molecule has 0 aromatic heterocycles. The van der Waals surface area contributed by atoms with Crippen LogP contribution in [0, 0.1) is 0 Å². The van der Waals surface area contributed by atoms with Crippen molar-refractivity contribution in [2.24, 2.45) is 0 Å². The Labute approximate surface area is 127 Å². The molecular weight excluding hydrogens is 181 g/mol. The molecule has 0 aliphatic carbocycles. The quantitative estimate of drug-likeness (QED) is 0.261. The van der Waals surface area contributed by atoms with Gasteiger partial charge in [0, 0.05) is 0 Å². The van der Waals surface area contributed by atoms with Crippen molar-refractivity contribution < 1.29 is 84.1 Å². The molecule has 0 aliphatic heterocycles. The van der Waals surface area contributed by atoms with E-state index in [1.807, 2.05) is 0 Å². The van der Waals surface area contributed by atoms with E-state index in [0.717, 1.165) is 0 Å². The van der Waals surface area contributed by atoms with Crippen LogP contribution in [0.25, 0.3) is 0 Å². The Morgan fingerprint density at radius 2 is 1.12 bits per heavy atom. The normalized spacial score (nSPS) is 7.38. The first-order chi connectivity index (χ1) is 2.00. The summed E-state index contributed by atoms with van der Waals surface area (Å²) in [4.78, 5) is 21.6. The molecular formula is H7CaNa2O4P. The minimum atomic E-state index is -4.64. The summed E-state index contributed by atoms with van der Waals surface area (Å²) in [6.45, 7) is 0. The largest absolute Gasteiger partial charge is 2.00 e. The summed E-state index contributed by atoms with van der Waals surface area (Å²) in [5.74, 6) is 0. The predicted octanol–water partition coefficient (Wildman–Crippen LogP) is -6.85. The first-order valence-electron chi connectivity index (χ1n) is 0.783. The van der Waals surface area contributed by atoms with E-state index in [-0.39, 0.29) is 103 Å². The third-order valence-corrected chi connectivity index (χ3v) is 0. The van der Waals surface area contributed by atoms with E-state index in [9.17, 15) is 0 Å². The molecule has 0 atom stereocenters. The second kappa shape index (κ2) is 10.4. The Kier molecular flexibility index (Phi) is 29.2. The van der Waals surface area contributed by atoms with Crippen LogP contribution in [0.3, 0.4) is 0 Å². The van der Waals surface area contributed by atoms with Crippen molar-refractivity contribution in [1.82, 2.24) is 0 Å². The summed E-state index contributed by atoms with van der Waals surface area (Å²) in [5, 5.41) is 0. The minimum absolute atomic E-state index is 0.